The summed E-state index contributed by atoms with van der Waals surface area (Å²) in [4.78, 5) is 82.5. The van der Waals surface area contributed by atoms with Crippen LogP contribution in [0, 0.1) is 16.7 Å². The van der Waals surface area contributed by atoms with Crippen LogP contribution >= 0.6 is 0 Å². The van der Waals surface area contributed by atoms with Crippen molar-refractivity contribution in [2.75, 3.05) is 6.61 Å². The molecule has 15 nitrogen and oxygen atoms in total. The molecule has 1 amide bonds. The lowest BCUT2D eigenvalue weighted by Crippen LogP contribution is -2.82. The number of rotatable bonds is 11. The van der Waals surface area contributed by atoms with Crippen molar-refractivity contribution < 1.29 is 67.8 Å². The number of ketones is 1. The molecule has 11 atom stereocenters. The number of nitrogens with one attached hydrogen (secondary N) is 1. The molecule has 318 valence electrons. The van der Waals surface area contributed by atoms with E-state index in [2.05, 4.69) is 5.32 Å². The second-order valence-corrected chi connectivity index (χ2v) is 16.8. The van der Waals surface area contributed by atoms with Gasteiger partial charge in [-0.15, -0.1) is 0 Å². The van der Waals surface area contributed by atoms with E-state index in [1.807, 2.05) is 0 Å². The molecule has 0 unspecified atom stereocenters. The maximum Gasteiger partial charge on any atom is 0.338 e. The highest BCUT2D eigenvalue weighted by Crippen LogP contribution is 2.64. The molecule has 1 heterocycles. The smallest absolute Gasteiger partial charge is 0.338 e. The van der Waals surface area contributed by atoms with Crippen molar-refractivity contribution in [3.05, 3.63) is 82.9 Å². The Bertz CT molecular complexity index is 2020. The van der Waals surface area contributed by atoms with Crippen molar-refractivity contribution in [2.24, 2.45) is 16.7 Å². The van der Waals surface area contributed by atoms with Crippen molar-refractivity contribution in [2.45, 2.75) is 128 Å². The normalized spacial score (nSPS) is 32.9. The number of ether oxygens (including phenoxy) is 5. The van der Waals surface area contributed by atoms with Crippen LogP contribution in [0.2, 0.25) is 0 Å². The Morgan fingerprint density at radius 2 is 1.56 bits per heavy atom. The van der Waals surface area contributed by atoms with Crippen LogP contribution < -0.4 is 5.32 Å². The zero-order valence-electron chi connectivity index (χ0n) is 34.3. The van der Waals surface area contributed by atoms with E-state index in [0.717, 1.165) is 13.8 Å². The Morgan fingerprint density at radius 1 is 0.932 bits per heavy atom. The molecule has 1 saturated heterocycles. The second-order valence-electron chi connectivity index (χ2n) is 16.8. The van der Waals surface area contributed by atoms with E-state index in [4.69, 9.17) is 23.7 Å². The number of Topliss-reactive ketones (excluding diaryl/α,β-unsaturated/α-hetero) is 1. The number of amides is 1. The predicted octanol–water partition coefficient (Wildman–Crippen LogP) is 3.22. The molecule has 3 aliphatic carbocycles. The number of benzene rings is 2. The minimum atomic E-state index is -2.37. The Labute approximate surface area is 342 Å². The number of hydrogen-bond donors (Lipinski definition) is 4. The van der Waals surface area contributed by atoms with Gasteiger partial charge in [0.05, 0.1) is 35.6 Å². The minimum Gasteiger partial charge on any atom is -0.456 e. The van der Waals surface area contributed by atoms with Gasteiger partial charge in [0.15, 0.2) is 23.6 Å². The van der Waals surface area contributed by atoms with Crippen molar-refractivity contribution >= 4 is 35.6 Å². The highest BCUT2D eigenvalue weighted by atomic mass is 16.6. The van der Waals surface area contributed by atoms with E-state index in [0.29, 0.717) is 12.0 Å². The maximum absolute atomic E-state index is 15.4. The number of hydrogen-bond acceptors (Lipinski definition) is 14. The first-order valence-corrected chi connectivity index (χ1v) is 19.9. The molecule has 6 rings (SSSR count). The fourth-order valence-corrected chi connectivity index (χ4v) is 9.84. The average molecular weight is 820 g/mol. The second kappa shape index (κ2) is 16.2. The quantitative estimate of drug-likeness (QED) is 0.145. The molecule has 0 radical (unpaired) electrons. The molecule has 4 N–H and O–H groups in total. The van der Waals surface area contributed by atoms with E-state index < -0.39 is 113 Å². The van der Waals surface area contributed by atoms with Crippen LogP contribution in [0.1, 0.15) is 96.1 Å². The van der Waals surface area contributed by atoms with E-state index >= 15 is 4.79 Å². The van der Waals surface area contributed by atoms with Gasteiger partial charge in [0.1, 0.15) is 23.9 Å². The van der Waals surface area contributed by atoms with Gasteiger partial charge < -0.3 is 44.3 Å². The summed E-state index contributed by atoms with van der Waals surface area (Å²) >= 11 is 0. The molecule has 3 fully saturated rings. The molecule has 59 heavy (non-hydrogen) atoms. The van der Waals surface area contributed by atoms with Crippen LogP contribution in [0.25, 0.3) is 0 Å². The highest BCUT2D eigenvalue weighted by molar-refractivity contribution is 5.95. The Morgan fingerprint density at radius 3 is 2.12 bits per heavy atom. The SMILES string of the molecule is CCCC(=O)N[C@@H](c1ccccc1)[C@@H](O)C(=O)O[C@H]1C[C@]2(O)[C@@H](OC(=O)c3ccccc3)[C@@H]3[C@]4(OC(C)=O)CO[C@@H]4C[C@H](O)[C@@]3(C)C(=O)[C@H](OC(C)=O)C(=C1C)C2(C)C. The van der Waals surface area contributed by atoms with Gasteiger partial charge in [-0.05, 0) is 49.1 Å². The van der Waals surface area contributed by atoms with Gasteiger partial charge in [-0.3, -0.25) is 19.2 Å². The van der Waals surface area contributed by atoms with Crippen LogP contribution in [-0.2, 0) is 47.7 Å². The summed E-state index contributed by atoms with van der Waals surface area (Å²) in [5.41, 5.74) is -7.13. The first kappa shape index (κ1) is 43.6. The monoisotopic (exact) mass is 819 g/mol. The molecule has 4 aliphatic rings. The van der Waals surface area contributed by atoms with Gasteiger partial charge in [0.2, 0.25) is 5.91 Å². The summed E-state index contributed by atoms with van der Waals surface area (Å²) in [5.74, 6) is -6.60. The molecule has 2 aromatic carbocycles. The van der Waals surface area contributed by atoms with Crippen molar-refractivity contribution in [3.8, 4) is 0 Å². The van der Waals surface area contributed by atoms with Gasteiger partial charge in [-0.25, -0.2) is 9.59 Å². The summed E-state index contributed by atoms with van der Waals surface area (Å²) < 4.78 is 30.2. The molecule has 0 aromatic heterocycles. The largest absolute Gasteiger partial charge is 0.456 e. The average Bonchev–Trinajstić information content (AvgIpc) is 3.18. The molecular weight excluding hydrogens is 766 g/mol. The van der Waals surface area contributed by atoms with Crippen LogP contribution in [0.5, 0.6) is 0 Å². The maximum atomic E-state index is 15.4. The van der Waals surface area contributed by atoms with Gasteiger partial charge in [-0.2, -0.15) is 0 Å². The zero-order valence-corrected chi connectivity index (χ0v) is 34.3. The summed E-state index contributed by atoms with van der Waals surface area (Å²) in [6.45, 7) is 9.81. The Hall–Kier alpha value is -4.96. The first-order chi connectivity index (χ1) is 27.7. The topological polar surface area (TPSA) is 221 Å². The Kier molecular flexibility index (Phi) is 12.0. The third-order valence-corrected chi connectivity index (χ3v) is 13.0. The van der Waals surface area contributed by atoms with Crippen molar-refractivity contribution in [1.29, 1.82) is 0 Å². The number of fused-ring (bicyclic) bond motifs is 5. The first-order valence-electron chi connectivity index (χ1n) is 19.9. The van der Waals surface area contributed by atoms with Gasteiger partial charge in [-0.1, -0.05) is 69.3 Å². The molecule has 2 bridgehead atoms. The highest BCUT2D eigenvalue weighted by Gasteiger charge is 2.78. The molecule has 1 aliphatic heterocycles. The summed E-state index contributed by atoms with van der Waals surface area (Å²) in [6.07, 6.45) is -9.72. The van der Waals surface area contributed by atoms with Crippen molar-refractivity contribution in [1.82, 2.24) is 5.32 Å². The molecule has 2 saturated carbocycles. The van der Waals surface area contributed by atoms with Gasteiger partial charge in [0, 0.05) is 38.5 Å². The minimum absolute atomic E-state index is 0.00996. The predicted molar refractivity (Wildman–Crippen MR) is 207 cm³/mol. The van der Waals surface area contributed by atoms with Gasteiger partial charge in [0.25, 0.3) is 0 Å². The lowest BCUT2D eigenvalue weighted by molar-refractivity contribution is -0.346. The number of carbonyl (C=O) groups is 6. The third-order valence-electron chi connectivity index (χ3n) is 13.0. The van der Waals surface area contributed by atoms with Crippen LogP contribution in [0.15, 0.2) is 71.8 Å². The molecule has 2 aromatic rings. The van der Waals surface area contributed by atoms with E-state index in [1.54, 1.807) is 69.3 Å². The van der Waals surface area contributed by atoms with E-state index in [1.165, 1.54) is 26.0 Å². The number of carbonyl (C=O) groups excluding carboxylic acids is 6. The third kappa shape index (κ3) is 7.36. The fraction of sp³-hybridized carbons (Fsp3) is 0.545. The number of aliphatic hydroxyl groups excluding tert-OH is 2. The van der Waals surface area contributed by atoms with Gasteiger partial charge >= 0.3 is 23.9 Å². The molecule has 0 spiro atoms. The van der Waals surface area contributed by atoms with Crippen LogP contribution in [0.4, 0.5) is 0 Å². The molecule has 15 heteroatoms. The summed E-state index contributed by atoms with van der Waals surface area (Å²) in [5, 5.41) is 39.9. The summed E-state index contributed by atoms with van der Waals surface area (Å²) in [7, 11) is 0. The lowest BCUT2D eigenvalue weighted by Gasteiger charge is -2.67. The lowest BCUT2D eigenvalue weighted by atomic mass is 9.44. The van der Waals surface area contributed by atoms with E-state index in [9.17, 15) is 39.3 Å². The zero-order chi connectivity index (χ0) is 43.2. The summed E-state index contributed by atoms with van der Waals surface area (Å²) in [6, 6.07) is 14.9. The van der Waals surface area contributed by atoms with Crippen LogP contribution in [-0.4, -0.2) is 105 Å². The fourth-order valence-electron chi connectivity index (χ4n) is 9.84. The number of esters is 4. The Balaban J connectivity index is 1.55. The van der Waals surface area contributed by atoms with E-state index in [-0.39, 0.29) is 36.2 Å². The standard InChI is InChI=1S/C44H53NO14/c1-8-15-31(49)45-33(26-16-11-9-12-17-26)34(50)40(53)57-28-21-44(54)38(58-39(52)27-18-13-10-14-19-27)36-42(7,29(48)20-30-43(36,22-55-30)59-25(4)47)37(51)35(56-24(3)46)32(23(28)2)41(44,5)6/h9-14,16-19,28-30,33-36,38,48,50,54H,8,15,20-22H2,1-7H3,(H,45,49)/t28-,29-,30+,33-,34+,35+,36-,38-,42+,43-,44-/m0/s1. The number of aliphatic hydroxyl groups is 3. The molecular formula is C44H53NO14. The van der Waals surface area contributed by atoms with Crippen LogP contribution in [0.3, 0.4) is 0 Å². The van der Waals surface area contributed by atoms with Crippen molar-refractivity contribution in [3.63, 3.8) is 0 Å².